The first kappa shape index (κ1) is 19.0. The standard InChI is InChI=1S/C18H16Cl2O5/c1-23-10-14(18(21)22)13-6-4-3-5-11(13)9-25-12-7-15(19)17(24-2)16(20)8-12/h3-8,10H,9H2,1-2H3,(H,21,22)/b14-10+. The summed E-state index contributed by atoms with van der Waals surface area (Å²) in [6.45, 7) is 0.128. The van der Waals surface area contributed by atoms with Crippen LogP contribution in [0.1, 0.15) is 11.1 Å². The van der Waals surface area contributed by atoms with E-state index in [0.717, 1.165) is 0 Å². The summed E-state index contributed by atoms with van der Waals surface area (Å²) >= 11 is 12.2. The van der Waals surface area contributed by atoms with Gasteiger partial charge in [-0.3, -0.25) is 0 Å². The van der Waals surface area contributed by atoms with Crippen molar-refractivity contribution in [2.45, 2.75) is 6.61 Å². The van der Waals surface area contributed by atoms with E-state index in [2.05, 4.69) is 0 Å². The molecule has 2 aromatic carbocycles. The summed E-state index contributed by atoms with van der Waals surface area (Å²) in [6.07, 6.45) is 1.18. The molecule has 0 bridgehead atoms. The van der Waals surface area contributed by atoms with Crippen LogP contribution in [-0.4, -0.2) is 25.3 Å². The highest BCUT2D eigenvalue weighted by Crippen LogP contribution is 2.37. The van der Waals surface area contributed by atoms with Gasteiger partial charge in [-0.1, -0.05) is 47.5 Å². The number of methoxy groups -OCH3 is 2. The van der Waals surface area contributed by atoms with Crippen LogP contribution in [0.25, 0.3) is 5.57 Å². The Labute approximate surface area is 155 Å². The summed E-state index contributed by atoms with van der Waals surface area (Å²) in [4.78, 5) is 11.4. The Balaban J connectivity index is 2.28. The van der Waals surface area contributed by atoms with Crippen molar-refractivity contribution in [2.24, 2.45) is 0 Å². The lowest BCUT2D eigenvalue weighted by Crippen LogP contribution is -2.06. The Hall–Kier alpha value is -2.37. The second-order valence-corrected chi connectivity index (χ2v) is 5.75. The number of benzene rings is 2. The fourth-order valence-corrected chi connectivity index (χ4v) is 2.85. The van der Waals surface area contributed by atoms with Crippen molar-refractivity contribution in [1.82, 2.24) is 0 Å². The fraction of sp³-hybridized carbons (Fsp3) is 0.167. The summed E-state index contributed by atoms with van der Waals surface area (Å²) < 4.78 is 15.7. The summed E-state index contributed by atoms with van der Waals surface area (Å²) in [6, 6.07) is 10.2. The van der Waals surface area contributed by atoms with Crippen LogP contribution in [0.3, 0.4) is 0 Å². The molecule has 0 aromatic heterocycles. The number of halogens is 2. The molecule has 132 valence electrons. The lowest BCUT2D eigenvalue weighted by Gasteiger charge is -2.13. The van der Waals surface area contributed by atoms with Gasteiger partial charge < -0.3 is 19.3 Å². The van der Waals surface area contributed by atoms with Crippen molar-refractivity contribution in [2.75, 3.05) is 14.2 Å². The fourth-order valence-electron chi connectivity index (χ4n) is 2.23. The molecule has 0 saturated carbocycles. The van der Waals surface area contributed by atoms with Gasteiger partial charge in [-0.05, 0) is 11.1 Å². The predicted molar refractivity (Wildman–Crippen MR) is 96.4 cm³/mol. The van der Waals surface area contributed by atoms with Crippen LogP contribution >= 0.6 is 23.2 Å². The third-order valence-corrected chi connectivity index (χ3v) is 3.91. The number of ether oxygens (including phenoxy) is 3. The van der Waals surface area contributed by atoms with Crippen LogP contribution in [0.15, 0.2) is 42.7 Å². The number of hydrogen-bond donors (Lipinski definition) is 1. The number of carbonyl (C=O) groups is 1. The highest BCUT2D eigenvalue weighted by atomic mass is 35.5. The first-order valence-corrected chi connectivity index (χ1v) is 7.94. The third-order valence-electron chi connectivity index (χ3n) is 3.34. The third kappa shape index (κ3) is 4.59. The van der Waals surface area contributed by atoms with Crippen LogP contribution < -0.4 is 9.47 Å². The van der Waals surface area contributed by atoms with Gasteiger partial charge in [0.1, 0.15) is 17.9 Å². The summed E-state index contributed by atoms with van der Waals surface area (Å²) in [5.74, 6) is -0.282. The molecule has 0 amide bonds. The lowest BCUT2D eigenvalue weighted by atomic mass is 10.0. The van der Waals surface area contributed by atoms with Crippen LogP contribution in [-0.2, 0) is 16.1 Å². The zero-order valence-corrected chi connectivity index (χ0v) is 15.1. The van der Waals surface area contributed by atoms with E-state index in [0.29, 0.717) is 32.7 Å². The minimum absolute atomic E-state index is 0.0347. The van der Waals surface area contributed by atoms with Crippen molar-refractivity contribution in [1.29, 1.82) is 0 Å². The maximum Gasteiger partial charge on any atom is 0.339 e. The van der Waals surface area contributed by atoms with Gasteiger partial charge in [0.2, 0.25) is 0 Å². The molecule has 0 fully saturated rings. The second-order valence-electron chi connectivity index (χ2n) is 4.94. The van der Waals surface area contributed by atoms with E-state index in [4.69, 9.17) is 37.4 Å². The van der Waals surface area contributed by atoms with Gasteiger partial charge in [-0.25, -0.2) is 4.79 Å². The topological polar surface area (TPSA) is 65.0 Å². The predicted octanol–water partition coefficient (Wildman–Crippen LogP) is 4.65. The summed E-state index contributed by atoms with van der Waals surface area (Å²) in [5.41, 5.74) is 1.21. The van der Waals surface area contributed by atoms with Gasteiger partial charge in [0.05, 0.1) is 30.5 Å². The minimum atomic E-state index is -1.09. The smallest absolute Gasteiger partial charge is 0.339 e. The normalized spacial score (nSPS) is 11.1. The number of carboxylic acids is 1. The molecule has 0 radical (unpaired) electrons. The molecule has 0 unspecified atom stereocenters. The average Bonchev–Trinajstić information content (AvgIpc) is 2.58. The number of rotatable bonds is 7. The zero-order valence-electron chi connectivity index (χ0n) is 13.6. The van der Waals surface area contributed by atoms with Crippen molar-refractivity contribution in [3.8, 4) is 11.5 Å². The highest BCUT2D eigenvalue weighted by Gasteiger charge is 2.16. The van der Waals surface area contributed by atoms with E-state index in [9.17, 15) is 9.90 Å². The van der Waals surface area contributed by atoms with Crippen molar-refractivity contribution >= 4 is 34.7 Å². The lowest BCUT2D eigenvalue weighted by molar-refractivity contribution is -0.130. The molecule has 25 heavy (non-hydrogen) atoms. The van der Waals surface area contributed by atoms with Crippen LogP contribution in [0.5, 0.6) is 11.5 Å². The number of aliphatic carboxylic acids is 1. The molecule has 2 aromatic rings. The summed E-state index contributed by atoms with van der Waals surface area (Å²) in [5, 5.41) is 10.0. The number of carboxylic acid groups (broad SMARTS) is 1. The van der Waals surface area contributed by atoms with E-state index in [1.807, 2.05) is 0 Å². The Morgan fingerprint density at radius 1 is 1.16 bits per heavy atom. The van der Waals surface area contributed by atoms with Crippen molar-refractivity contribution in [3.05, 3.63) is 63.8 Å². The van der Waals surface area contributed by atoms with Gasteiger partial charge in [0.25, 0.3) is 0 Å². The molecule has 0 atom stereocenters. The molecule has 7 heteroatoms. The monoisotopic (exact) mass is 382 g/mol. The second kappa shape index (κ2) is 8.65. The van der Waals surface area contributed by atoms with E-state index in [-0.39, 0.29) is 12.2 Å². The average molecular weight is 383 g/mol. The molecule has 0 aliphatic heterocycles. The Kier molecular flexibility index (Phi) is 6.56. The first-order chi connectivity index (χ1) is 12.0. The van der Waals surface area contributed by atoms with E-state index < -0.39 is 5.97 Å². The molecule has 0 aliphatic rings. The van der Waals surface area contributed by atoms with E-state index >= 15 is 0 Å². The van der Waals surface area contributed by atoms with Gasteiger partial charge in [-0.15, -0.1) is 0 Å². The van der Waals surface area contributed by atoms with Crippen LogP contribution in [0.2, 0.25) is 10.0 Å². The Morgan fingerprint density at radius 2 is 1.80 bits per heavy atom. The van der Waals surface area contributed by atoms with E-state index in [1.54, 1.807) is 36.4 Å². The molecule has 0 heterocycles. The van der Waals surface area contributed by atoms with Gasteiger partial charge >= 0.3 is 5.97 Å². The molecule has 1 N–H and O–H groups in total. The SMILES string of the molecule is CO/C=C(/C(=O)O)c1ccccc1COc1cc(Cl)c(OC)c(Cl)c1. The van der Waals surface area contributed by atoms with E-state index in [1.165, 1.54) is 20.5 Å². The van der Waals surface area contributed by atoms with Gasteiger partial charge in [0, 0.05) is 12.1 Å². The van der Waals surface area contributed by atoms with Crippen molar-refractivity contribution < 1.29 is 24.1 Å². The molecular weight excluding hydrogens is 367 g/mol. The quantitative estimate of drug-likeness (QED) is 0.557. The Morgan fingerprint density at radius 3 is 2.36 bits per heavy atom. The highest BCUT2D eigenvalue weighted by molar-refractivity contribution is 6.37. The Bertz CT molecular complexity index is 779. The summed E-state index contributed by atoms with van der Waals surface area (Å²) in [7, 11) is 2.86. The number of hydrogen-bond acceptors (Lipinski definition) is 4. The van der Waals surface area contributed by atoms with Crippen LogP contribution in [0, 0.1) is 0 Å². The molecular formula is C18H16Cl2O5. The molecule has 5 nitrogen and oxygen atoms in total. The van der Waals surface area contributed by atoms with Gasteiger partial charge in [-0.2, -0.15) is 0 Å². The molecule has 0 saturated heterocycles. The first-order valence-electron chi connectivity index (χ1n) is 7.18. The minimum Gasteiger partial charge on any atom is -0.503 e. The maximum atomic E-state index is 11.4. The molecule has 0 spiro atoms. The zero-order chi connectivity index (χ0) is 18.4. The van der Waals surface area contributed by atoms with Crippen LogP contribution in [0.4, 0.5) is 0 Å². The van der Waals surface area contributed by atoms with Gasteiger partial charge in [0.15, 0.2) is 5.75 Å². The van der Waals surface area contributed by atoms with Crippen molar-refractivity contribution in [3.63, 3.8) is 0 Å². The largest absolute Gasteiger partial charge is 0.503 e. The molecule has 0 aliphatic carbocycles. The maximum absolute atomic E-state index is 11.4. The molecule has 2 rings (SSSR count).